The van der Waals surface area contributed by atoms with Crippen molar-refractivity contribution in [2.45, 2.75) is 31.3 Å². The van der Waals surface area contributed by atoms with Crippen LogP contribution in [0.2, 0.25) is 0 Å². The van der Waals surface area contributed by atoms with Crippen molar-refractivity contribution in [1.29, 1.82) is 0 Å². The van der Waals surface area contributed by atoms with Crippen LogP contribution in [0, 0.1) is 0 Å². The number of aromatic nitrogens is 1. The van der Waals surface area contributed by atoms with E-state index in [4.69, 9.17) is 4.42 Å². The summed E-state index contributed by atoms with van der Waals surface area (Å²) in [4.78, 5) is 21.9. The fraction of sp³-hybridized carbons (Fsp3) is 0.250. The SMILES string of the molecule is O=C1C2=C(CN1Cc1ccccc1)[C@@H](c1ccco1)C[C@@H]1c3[nH]c4ccccc4c3CCN21. The number of amides is 1. The highest BCUT2D eigenvalue weighted by Gasteiger charge is 2.47. The van der Waals surface area contributed by atoms with Crippen molar-refractivity contribution >= 4 is 16.8 Å². The van der Waals surface area contributed by atoms with Gasteiger partial charge in [0.2, 0.25) is 0 Å². The summed E-state index contributed by atoms with van der Waals surface area (Å²) in [6, 6.07) is 23.0. The largest absolute Gasteiger partial charge is 0.469 e. The van der Waals surface area contributed by atoms with E-state index in [2.05, 4.69) is 52.3 Å². The van der Waals surface area contributed by atoms with Crippen molar-refractivity contribution in [3.05, 3.63) is 107 Å². The predicted octanol–water partition coefficient (Wildman–Crippen LogP) is 5.14. The Morgan fingerprint density at radius 2 is 1.85 bits per heavy atom. The van der Waals surface area contributed by atoms with Gasteiger partial charge in [0, 0.05) is 42.1 Å². The second-order valence-electron chi connectivity index (χ2n) is 9.35. The van der Waals surface area contributed by atoms with Crippen molar-refractivity contribution in [1.82, 2.24) is 14.8 Å². The Morgan fingerprint density at radius 3 is 2.70 bits per heavy atom. The van der Waals surface area contributed by atoms with Gasteiger partial charge in [0.15, 0.2) is 0 Å². The quantitative estimate of drug-likeness (QED) is 0.485. The Balaban J connectivity index is 1.32. The maximum Gasteiger partial charge on any atom is 0.270 e. The Bertz CT molecular complexity index is 1380. The molecule has 0 saturated heterocycles. The minimum absolute atomic E-state index is 0.110. The normalized spacial score (nSPS) is 22.0. The first-order chi connectivity index (χ1) is 16.3. The Hall–Kier alpha value is -3.73. The third kappa shape index (κ3) is 2.81. The van der Waals surface area contributed by atoms with Crippen LogP contribution in [0.25, 0.3) is 10.9 Å². The molecule has 0 fully saturated rings. The molecule has 0 aliphatic carbocycles. The molecule has 33 heavy (non-hydrogen) atoms. The van der Waals surface area contributed by atoms with Crippen molar-refractivity contribution in [3.8, 4) is 0 Å². The standard InChI is InChI=1S/C28H25N3O2/c32-28-27-22(17-30(28)16-18-7-2-1-3-8-18)21(25-11-6-14-33-25)15-24-26-20(12-13-31(24)27)19-9-4-5-10-23(19)29-26/h1-11,14,21,24,29H,12-13,15-17H2/t21-,24+/m0/s1. The number of hydrogen-bond acceptors (Lipinski definition) is 3. The van der Waals surface area contributed by atoms with E-state index in [1.807, 2.05) is 29.2 Å². The molecule has 5 nitrogen and oxygen atoms in total. The molecule has 0 bridgehead atoms. The maximum absolute atomic E-state index is 13.8. The highest BCUT2D eigenvalue weighted by Crippen LogP contribution is 2.50. The molecule has 164 valence electrons. The van der Waals surface area contributed by atoms with Gasteiger partial charge in [-0.15, -0.1) is 0 Å². The molecule has 0 unspecified atom stereocenters. The molecule has 2 aromatic carbocycles. The maximum atomic E-state index is 13.8. The van der Waals surface area contributed by atoms with E-state index >= 15 is 0 Å². The highest BCUT2D eigenvalue weighted by molar-refractivity contribution is 5.97. The molecule has 5 heterocycles. The molecule has 5 heteroatoms. The van der Waals surface area contributed by atoms with Crippen LogP contribution in [0.3, 0.4) is 0 Å². The summed E-state index contributed by atoms with van der Waals surface area (Å²) in [5.41, 5.74) is 7.12. The fourth-order valence-corrected chi connectivity index (χ4v) is 6.13. The molecule has 3 aliphatic rings. The second-order valence-corrected chi connectivity index (χ2v) is 9.35. The van der Waals surface area contributed by atoms with E-state index in [1.165, 1.54) is 27.7 Å². The van der Waals surface area contributed by atoms with Gasteiger partial charge in [-0.25, -0.2) is 0 Å². The van der Waals surface area contributed by atoms with Gasteiger partial charge in [-0.3, -0.25) is 4.79 Å². The summed E-state index contributed by atoms with van der Waals surface area (Å²) >= 11 is 0. The fourth-order valence-electron chi connectivity index (χ4n) is 6.13. The van der Waals surface area contributed by atoms with Gasteiger partial charge in [-0.05, 0) is 47.7 Å². The first-order valence-corrected chi connectivity index (χ1v) is 11.7. The van der Waals surface area contributed by atoms with Gasteiger partial charge in [-0.1, -0.05) is 48.5 Å². The van der Waals surface area contributed by atoms with Crippen molar-refractivity contribution in [2.24, 2.45) is 0 Å². The number of rotatable bonds is 3. The topological polar surface area (TPSA) is 52.5 Å². The Labute approximate surface area is 192 Å². The molecule has 4 aromatic rings. The van der Waals surface area contributed by atoms with Crippen LogP contribution in [0.5, 0.6) is 0 Å². The molecule has 1 amide bonds. The van der Waals surface area contributed by atoms with E-state index < -0.39 is 0 Å². The zero-order valence-electron chi connectivity index (χ0n) is 18.3. The van der Waals surface area contributed by atoms with Crippen LogP contribution in [-0.4, -0.2) is 33.8 Å². The number of fused-ring (bicyclic) bond motifs is 6. The third-order valence-corrected chi connectivity index (χ3v) is 7.58. The summed E-state index contributed by atoms with van der Waals surface area (Å²) in [5, 5.41) is 1.31. The van der Waals surface area contributed by atoms with Gasteiger partial charge < -0.3 is 19.2 Å². The Morgan fingerprint density at radius 1 is 1.00 bits per heavy atom. The van der Waals surface area contributed by atoms with Crippen molar-refractivity contribution in [3.63, 3.8) is 0 Å². The van der Waals surface area contributed by atoms with Gasteiger partial charge in [0.1, 0.15) is 11.5 Å². The molecule has 7 rings (SSSR count). The summed E-state index contributed by atoms with van der Waals surface area (Å²) in [7, 11) is 0. The average molecular weight is 436 g/mol. The molecule has 2 aromatic heterocycles. The number of benzene rings is 2. The van der Waals surface area contributed by atoms with Crippen LogP contribution in [0.1, 0.15) is 41.0 Å². The lowest BCUT2D eigenvalue weighted by atomic mass is 9.80. The Kier molecular flexibility index (Phi) is 4.07. The number of hydrogen-bond donors (Lipinski definition) is 1. The molecular weight excluding hydrogens is 410 g/mol. The lowest BCUT2D eigenvalue weighted by molar-refractivity contribution is -0.127. The first-order valence-electron chi connectivity index (χ1n) is 11.7. The lowest BCUT2D eigenvalue weighted by Gasteiger charge is -2.43. The number of furan rings is 1. The van der Waals surface area contributed by atoms with Crippen LogP contribution >= 0.6 is 0 Å². The third-order valence-electron chi connectivity index (χ3n) is 7.58. The van der Waals surface area contributed by atoms with E-state index in [1.54, 1.807) is 6.26 Å². The van der Waals surface area contributed by atoms with Crippen LogP contribution in [-0.2, 0) is 17.8 Å². The average Bonchev–Trinajstić information content (AvgIpc) is 3.58. The summed E-state index contributed by atoms with van der Waals surface area (Å²) in [5.74, 6) is 1.22. The number of H-pyrrole nitrogens is 1. The molecule has 3 aliphatic heterocycles. The first kappa shape index (κ1) is 18.8. The van der Waals surface area contributed by atoms with Gasteiger partial charge in [0.05, 0.1) is 12.3 Å². The highest BCUT2D eigenvalue weighted by atomic mass is 16.3. The zero-order valence-corrected chi connectivity index (χ0v) is 18.3. The molecule has 0 saturated carbocycles. The van der Waals surface area contributed by atoms with E-state index in [-0.39, 0.29) is 17.9 Å². The van der Waals surface area contributed by atoms with E-state index in [0.29, 0.717) is 13.1 Å². The predicted molar refractivity (Wildman–Crippen MR) is 126 cm³/mol. The number of nitrogens with zero attached hydrogens (tertiary/aromatic N) is 2. The summed E-state index contributed by atoms with van der Waals surface area (Å²) in [6.45, 7) is 2.17. The summed E-state index contributed by atoms with van der Waals surface area (Å²) in [6.07, 6.45) is 3.61. The molecular formula is C28H25N3O2. The second kappa shape index (κ2) is 7.14. The molecule has 0 radical (unpaired) electrons. The molecule has 2 atom stereocenters. The zero-order chi connectivity index (χ0) is 21.9. The number of para-hydroxylation sites is 1. The van der Waals surface area contributed by atoms with Crippen molar-refractivity contribution < 1.29 is 9.21 Å². The monoisotopic (exact) mass is 435 g/mol. The molecule has 1 N–H and O–H groups in total. The van der Waals surface area contributed by atoms with E-state index in [9.17, 15) is 4.79 Å². The van der Waals surface area contributed by atoms with Gasteiger partial charge in [-0.2, -0.15) is 0 Å². The van der Waals surface area contributed by atoms with Crippen LogP contribution in [0.4, 0.5) is 0 Å². The lowest BCUT2D eigenvalue weighted by Crippen LogP contribution is -2.41. The molecule has 0 spiro atoms. The van der Waals surface area contributed by atoms with Crippen LogP contribution < -0.4 is 0 Å². The number of carbonyl (C=O) groups excluding carboxylic acids is 1. The van der Waals surface area contributed by atoms with Gasteiger partial charge in [0.25, 0.3) is 5.91 Å². The smallest absolute Gasteiger partial charge is 0.270 e. The van der Waals surface area contributed by atoms with Crippen molar-refractivity contribution in [2.75, 3.05) is 13.1 Å². The number of carbonyl (C=O) groups is 1. The minimum Gasteiger partial charge on any atom is -0.469 e. The number of nitrogens with one attached hydrogen (secondary N) is 1. The summed E-state index contributed by atoms with van der Waals surface area (Å²) < 4.78 is 5.90. The van der Waals surface area contributed by atoms with E-state index in [0.717, 1.165) is 36.4 Å². The van der Waals surface area contributed by atoms with Crippen LogP contribution in [0.15, 0.2) is 88.7 Å². The minimum atomic E-state index is 0.110. The van der Waals surface area contributed by atoms with Gasteiger partial charge >= 0.3 is 0 Å². The number of aromatic amines is 1.